The van der Waals surface area contributed by atoms with Crippen LogP contribution in [-0.2, 0) is 11.8 Å². The van der Waals surface area contributed by atoms with Crippen molar-refractivity contribution in [3.05, 3.63) is 30.6 Å². The van der Waals surface area contributed by atoms with E-state index in [1.807, 2.05) is 18.2 Å². The van der Waals surface area contributed by atoms with Crippen molar-refractivity contribution < 1.29 is 14.7 Å². The van der Waals surface area contributed by atoms with Gasteiger partial charge in [0.1, 0.15) is 6.33 Å². The lowest BCUT2D eigenvalue weighted by molar-refractivity contribution is -0.142. The molecular formula is C17H21N5O3. The van der Waals surface area contributed by atoms with Gasteiger partial charge in [0.25, 0.3) is 0 Å². The number of urea groups is 1. The summed E-state index contributed by atoms with van der Waals surface area (Å²) in [4.78, 5) is 27.3. The van der Waals surface area contributed by atoms with Crippen LogP contribution in [-0.4, -0.2) is 37.9 Å². The summed E-state index contributed by atoms with van der Waals surface area (Å²) in [5.74, 6) is -0.440. The van der Waals surface area contributed by atoms with Crippen LogP contribution in [0.15, 0.2) is 30.6 Å². The number of hydrogen-bond acceptors (Lipinski definition) is 4. The maximum atomic E-state index is 12.2. The first-order valence-electron chi connectivity index (χ1n) is 8.27. The molecule has 1 aromatic carbocycles. The summed E-state index contributed by atoms with van der Waals surface area (Å²) in [5, 5.41) is 19.0. The number of carboxylic acid groups (broad SMARTS) is 1. The summed E-state index contributed by atoms with van der Waals surface area (Å²) < 4.78 is 1.62. The molecule has 1 aliphatic rings. The largest absolute Gasteiger partial charge is 0.481 e. The second kappa shape index (κ2) is 7.33. The Morgan fingerprint density at radius 1 is 1.24 bits per heavy atom. The Labute approximate surface area is 145 Å². The number of carbonyl (C=O) groups is 2. The van der Waals surface area contributed by atoms with Crippen LogP contribution in [0, 0.1) is 5.92 Å². The number of aromatic nitrogens is 3. The highest BCUT2D eigenvalue weighted by Crippen LogP contribution is 2.24. The van der Waals surface area contributed by atoms with E-state index in [-0.39, 0.29) is 18.0 Å². The maximum absolute atomic E-state index is 12.2. The Bertz CT molecular complexity index is 765. The third kappa shape index (κ3) is 4.34. The van der Waals surface area contributed by atoms with Gasteiger partial charge in [0, 0.05) is 24.3 Å². The van der Waals surface area contributed by atoms with Crippen LogP contribution in [0.5, 0.6) is 0 Å². The standard InChI is InChI=1S/C17H21N5O3/c1-22-10-18-15(21-22)12-3-2-4-14(9-12)20-17(25)19-13-7-5-11(6-8-13)16(23)24/h2-4,9-11,13H,5-8H2,1H3,(H,23,24)(H2,19,20,25). The van der Waals surface area contributed by atoms with E-state index in [0.29, 0.717) is 37.2 Å². The third-order valence-electron chi connectivity index (χ3n) is 4.39. The highest BCUT2D eigenvalue weighted by molar-refractivity contribution is 5.90. The lowest BCUT2D eigenvalue weighted by Gasteiger charge is -2.26. The maximum Gasteiger partial charge on any atom is 0.319 e. The zero-order chi connectivity index (χ0) is 17.8. The summed E-state index contributed by atoms with van der Waals surface area (Å²) in [6.07, 6.45) is 4.18. The number of nitrogens with zero attached hydrogens (tertiary/aromatic N) is 3. The first-order chi connectivity index (χ1) is 12.0. The highest BCUT2D eigenvalue weighted by atomic mass is 16.4. The molecule has 1 aromatic heterocycles. The smallest absolute Gasteiger partial charge is 0.319 e. The molecule has 3 rings (SSSR count). The van der Waals surface area contributed by atoms with Gasteiger partial charge < -0.3 is 15.7 Å². The van der Waals surface area contributed by atoms with Crippen LogP contribution in [0.1, 0.15) is 25.7 Å². The van der Waals surface area contributed by atoms with Crippen molar-refractivity contribution in [1.82, 2.24) is 20.1 Å². The van der Waals surface area contributed by atoms with Gasteiger partial charge in [-0.25, -0.2) is 9.78 Å². The number of hydrogen-bond donors (Lipinski definition) is 3. The van der Waals surface area contributed by atoms with Crippen LogP contribution < -0.4 is 10.6 Å². The molecule has 1 heterocycles. The Morgan fingerprint density at radius 2 is 2.00 bits per heavy atom. The predicted molar refractivity (Wildman–Crippen MR) is 92.0 cm³/mol. The van der Waals surface area contributed by atoms with Gasteiger partial charge in [-0.3, -0.25) is 9.48 Å². The minimum atomic E-state index is -0.747. The van der Waals surface area contributed by atoms with Crippen molar-refractivity contribution in [3.63, 3.8) is 0 Å². The molecule has 2 amide bonds. The number of benzene rings is 1. The second-order valence-corrected chi connectivity index (χ2v) is 6.31. The van der Waals surface area contributed by atoms with E-state index in [1.54, 1.807) is 24.1 Å². The number of carbonyl (C=O) groups excluding carboxylic acids is 1. The van der Waals surface area contributed by atoms with Crippen LogP contribution in [0.25, 0.3) is 11.4 Å². The number of carboxylic acids is 1. The molecule has 3 N–H and O–H groups in total. The van der Waals surface area contributed by atoms with Crippen LogP contribution in [0.3, 0.4) is 0 Å². The number of rotatable bonds is 4. The average Bonchev–Trinajstić information content (AvgIpc) is 3.02. The van der Waals surface area contributed by atoms with Crippen molar-refractivity contribution in [2.45, 2.75) is 31.7 Å². The predicted octanol–water partition coefficient (Wildman–Crippen LogP) is 2.25. The fraction of sp³-hybridized carbons (Fsp3) is 0.412. The molecule has 25 heavy (non-hydrogen) atoms. The summed E-state index contributed by atoms with van der Waals surface area (Å²) in [7, 11) is 1.80. The van der Waals surface area contributed by atoms with Gasteiger partial charge in [0.2, 0.25) is 0 Å². The van der Waals surface area contributed by atoms with E-state index in [0.717, 1.165) is 5.56 Å². The first kappa shape index (κ1) is 16.9. The molecule has 0 atom stereocenters. The number of aliphatic carboxylic acids is 1. The van der Waals surface area contributed by atoms with Gasteiger partial charge in [0.05, 0.1) is 5.92 Å². The van der Waals surface area contributed by atoms with E-state index in [4.69, 9.17) is 5.11 Å². The van der Waals surface area contributed by atoms with E-state index in [2.05, 4.69) is 20.7 Å². The molecule has 0 saturated heterocycles. The molecule has 1 saturated carbocycles. The van der Waals surface area contributed by atoms with Crippen molar-refractivity contribution in [2.75, 3.05) is 5.32 Å². The van der Waals surface area contributed by atoms with E-state index >= 15 is 0 Å². The lowest BCUT2D eigenvalue weighted by Crippen LogP contribution is -2.40. The Balaban J connectivity index is 1.56. The van der Waals surface area contributed by atoms with Crippen LogP contribution in [0.4, 0.5) is 10.5 Å². The van der Waals surface area contributed by atoms with E-state index in [9.17, 15) is 9.59 Å². The van der Waals surface area contributed by atoms with Crippen molar-refractivity contribution >= 4 is 17.7 Å². The minimum absolute atomic E-state index is 0.0104. The topological polar surface area (TPSA) is 109 Å². The van der Waals surface area contributed by atoms with Gasteiger partial charge in [0.15, 0.2) is 5.82 Å². The van der Waals surface area contributed by atoms with Crippen molar-refractivity contribution in [1.29, 1.82) is 0 Å². The SMILES string of the molecule is Cn1cnc(-c2cccc(NC(=O)NC3CCC(C(=O)O)CC3)c2)n1. The van der Waals surface area contributed by atoms with Crippen molar-refractivity contribution in [3.8, 4) is 11.4 Å². The molecule has 132 valence electrons. The average molecular weight is 343 g/mol. The molecule has 8 heteroatoms. The van der Waals surface area contributed by atoms with E-state index in [1.165, 1.54) is 0 Å². The van der Waals surface area contributed by atoms with Gasteiger partial charge in [-0.1, -0.05) is 12.1 Å². The summed E-state index contributed by atoms with van der Waals surface area (Å²) in [5.41, 5.74) is 1.47. The lowest BCUT2D eigenvalue weighted by atomic mass is 9.86. The normalized spacial score (nSPS) is 20.0. The number of nitrogens with one attached hydrogen (secondary N) is 2. The summed E-state index contributed by atoms with van der Waals surface area (Å²) >= 11 is 0. The fourth-order valence-corrected chi connectivity index (χ4v) is 3.04. The Morgan fingerprint density at radius 3 is 2.64 bits per heavy atom. The molecule has 0 spiro atoms. The van der Waals surface area contributed by atoms with Gasteiger partial charge in [-0.15, -0.1) is 0 Å². The molecule has 0 aliphatic heterocycles. The third-order valence-corrected chi connectivity index (χ3v) is 4.39. The molecule has 8 nitrogen and oxygen atoms in total. The quantitative estimate of drug-likeness (QED) is 0.789. The summed E-state index contributed by atoms with van der Waals surface area (Å²) in [6.45, 7) is 0. The number of amides is 2. The van der Waals surface area contributed by atoms with Crippen LogP contribution in [0.2, 0.25) is 0 Å². The fourth-order valence-electron chi connectivity index (χ4n) is 3.04. The number of anilines is 1. The minimum Gasteiger partial charge on any atom is -0.481 e. The van der Waals surface area contributed by atoms with Crippen molar-refractivity contribution in [2.24, 2.45) is 13.0 Å². The Kier molecular flexibility index (Phi) is 4.97. The molecule has 0 bridgehead atoms. The second-order valence-electron chi connectivity index (χ2n) is 6.31. The monoisotopic (exact) mass is 343 g/mol. The van der Waals surface area contributed by atoms with E-state index < -0.39 is 5.97 Å². The molecule has 1 fully saturated rings. The molecule has 0 radical (unpaired) electrons. The molecular weight excluding hydrogens is 322 g/mol. The molecule has 1 aliphatic carbocycles. The number of aryl methyl sites for hydroxylation is 1. The van der Waals surface area contributed by atoms with Gasteiger partial charge in [-0.05, 0) is 37.8 Å². The molecule has 0 unspecified atom stereocenters. The van der Waals surface area contributed by atoms with Gasteiger partial charge >= 0.3 is 12.0 Å². The zero-order valence-corrected chi connectivity index (χ0v) is 14.0. The van der Waals surface area contributed by atoms with Gasteiger partial charge in [-0.2, -0.15) is 5.10 Å². The summed E-state index contributed by atoms with van der Waals surface area (Å²) in [6, 6.07) is 7.05. The zero-order valence-electron chi connectivity index (χ0n) is 14.0. The Hall–Kier alpha value is -2.90. The first-order valence-corrected chi connectivity index (χ1v) is 8.27. The molecule has 2 aromatic rings. The van der Waals surface area contributed by atoms with Crippen LogP contribution >= 0.6 is 0 Å². The highest BCUT2D eigenvalue weighted by Gasteiger charge is 2.26.